The number of halogens is 3. The van der Waals surface area contributed by atoms with Crippen molar-refractivity contribution >= 4 is 12.6 Å². The predicted octanol–water partition coefficient (Wildman–Crippen LogP) is 1.59. The molecule has 0 saturated heterocycles. The Labute approximate surface area is 74.8 Å². The summed E-state index contributed by atoms with van der Waals surface area (Å²) in [5, 5.41) is 3.44. The van der Waals surface area contributed by atoms with E-state index in [9.17, 15) is 12.9 Å². The van der Waals surface area contributed by atoms with Crippen molar-refractivity contribution in [3.05, 3.63) is 12.3 Å². The van der Waals surface area contributed by atoms with Gasteiger partial charge in [0.1, 0.15) is 0 Å². The van der Waals surface area contributed by atoms with Crippen LogP contribution in [0.25, 0.3) is 0 Å². The van der Waals surface area contributed by atoms with Gasteiger partial charge < -0.3 is 12.9 Å². The summed E-state index contributed by atoms with van der Waals surface area (Å²) in [7, 11) is 0. The van der Waals surface area contributed by atoms with Crippen LogP contribution in [0.2, 0.25) is 0 Å². The summed E-state index contributed by atoms with van der Waals surface area (Å²) in [6, 6.07) is 1.02. The van der Waals surface area contributed by atoms with Crippen molar-refractivity contribution in [3.8, 4) is 0 Å². The Kier molecular flexibility index (Phi) is 2.68. The van der Waals surface area contributed by atoms with E-state index in [0.29, 0.717) is 12.5 Å². The highest BCUT2D eigenvalue weighted by Crippen LogP contribution is 2.07. The fourth-order valence-electron chi connectivity index (χ4n) is 1.03. The zero-order valence-electron chi connectivity index (χ0n) is 7.54. The van der Waals surface area contributed by atoms with Crippen LogP contribution in [0.1, 0.15) is 13.8 Å². The normalized spacial score (nSPS) is 12.5. The minimum Gasteiger partial charge on any atom is -0.444 e. The first-order valence-electron chi connectivity index (χ1n) is 4.13. The molecule has 1 aromatic rings. The number of nitrogens with zero attached hydrogens (tertiary/aromatic N) is 2. The smallest absolute Gasteiger partial charge is 0.444 e. The lowest BCUT2D eigenvalue weighted by Crippen LogP contribution is -2.35. The van der Waals surface area contributed by atoms with Crippen LogP contribution in [0.3, 0.4) is 0 Å². The Morgan fingerprint density at radius 1 is 1.46 bits per heavy atom. The van der Waals surface area contributed by atoms with E-state index >= 15 is 0 Å². The fourth-order valence-corrected chi connectivity index (χ4v) is 1.03. The van der Waals surface area contributed by atoms with Gasteiger partial charge in [-0.25, -0.2) is 5.10 Å². The summed E-state index contributed by atoms with van der Waals surface area (Å²) < 4.78 is 37.7. The third-order valence-electron chi connectivity index (χ3n) is 1.55. The van der Waals surface area contributed by atoms with Crippen LogP contribution >= 0.6 is 0 Å². The topological polar surface area (TPSA) is 17.8 Å². The molecule has 0 radical (unpaired) electrons. The Morgan fingerprint density at radius 2 is 2.08 bits per heavy atom. The molecule has 0 atom stereocenters. The van der Waals surface area contributed by atoms with Gasteiger partial charge in [-0.15, -0.1) is 0 Å². The largest absolute Gasteiger partial charge is 0.529 e. The first-order valence-corrected chi connectivity index (χ1v) is 4.13. The van der Waals surface area contributed by atoms with Crippen molar-refractivity contribution in [2.24, 2.45) is 5.92 Å². The molecule has 0 bridgehead atoms. The molecule has 6 heteroatoms. The van der Waals surface area contributed by atoms with Crippen molar-refractivity contribution in [2.45, 2.75) is 20.4 Å². The fraction of sp³-hybridized carbons (Fsp3) is 0.571. The van der Waals surface area contributed by atoms with E-state index in [0.717, 1.165) is 6.07 Å². The summed E-state index contributed by atoms with van der Waals surface area (Å²) in [5.74, 6) is 0.300. The molecule has 0 fully saturated rings. The molecular weight excluding hydrogens is 180 g/mol. The maximum atomic E-state index is 12.1. The van der Waals surface area contributed by atoms with E-state index in [4.69, 9.17) is 0 Å². The number of hydrogen-bond donors (Lipinski definition) is 0. The lowest BCUT2D eigenvalue weighted by molar-refractivity contribution is 0.473. The van der Waals surface area contributed by atoms with Gasteiger partial charge in [0.05, 0.1) is 0 Å². The van der Waals surface area contributed by atoms with E-state index in [1.807, 2.05) is 13.8 Å². The van der Waals surface area contributed by atoms with Gasteiger partial charge in [0.2, 0.25) is 0 Å². The van der Waals surface area contributed by atoms with Gasteiger partial charge in [-0.05, 0) is 5.92 Å². The average molecular weight is 191 g/mol. The number of rotatable bonds is 3. The SMILES string of the molecule is CC(C)Cn1ccc([B-](F)(F)F)n1. The van der Waals surface area contributed by atoms with Gasteiger partial charge in [0.15, 0.2) is 0 Å². The van der Waals surface area contributed by atoms with Crippen LogP contribution < -0.4 is 5.59 Å². The molecular formula is C7H11BF3N2-. The van der Waals surface area contributed by atoms with Crippen molar-refractivity contribution in [3.63, 3.8) is 0 Å². The Hall–Kier alpha value is -0.935. The minimum absolute atomic E-state index is 0.300. The van der Waals surface area contributed by atoms with Gasteiger partial charge in [-0.1, -0.05) is 19.9 Å². The molecule has 0 aliphatic carbocycles. The van der Waals surface area contributed by atoms with Gasteiger partial charge in [0.25, 0.3) is 0 Å². The van der Waals surface area contributed by atoms with Gasteiger partial charge in [-0.2, -0.15) is 0 Å². The number of hydrogen-bond acceptors (Lipinski definition) is 1. The van der Waals surface area contributed by atoms with Gasteiger partial charge >= 0.3 is 6.98 Å². The van der Waals surface area contributed by atoms with Crippen LogP contribution in [-0.2, 0) is 6.54 Å². The Morgan fingerprint density at radius 3 is 2.46 bits per heavy atom. The Bertz CT molecular complexity index is 280. The molecule has 0 aromatic carbocycles. The van der Waals surface area contributed by atoms with Crippen molar-refractivity contribution in [1.29, 1.82) is 0 Å². The summed E-state index contributed by atoms with van der Waals surface area (Å²) >= 11 is 0. The van der Waals surface area contributed by atoms with Crippen molar-refractivity contribution in [1.82, 2.24) is 9.78 Å². The molecule has 0 amide bonds. The second-order valence-electron chi connectivity index (χ2n) is 3.43. The maximum absolute atomic E-state index is 12.1. The highest BCUT2D eigenvalue weighted by molar-refractivity contribution is 6.72. The average Bonchev–Trinajstić information content (AvgIpc) is 2.32. The van der Waals surface area contributed by atoms with Crippen molar-refractivity contribution < 1.29 is 12.9 Å². The van der Waals surface area contributed by atoms with E-state index in [2.05, 4.69) is 5.10 Å². The Balaban J connectivity index is 2.75. The predicted molar refractivity (Wildman–Crippen MR) is 45.8 cm³/mol. The van der Waals surface area contributed by atoms with Crippen LogP contribution in [0.15, 0.2) is 12.3 Å². The molecule has 2 nitrogen and oxygen atoms in total. The summed E-state index contributed by atoms with van der Waals surface area (Å²) in [4.78, 5) is 0. The zero-order valence-corrected chi connectivity index (χ0v) is 7.54. The van der Waals surface area contributed by atoms with E-state index in [1.54, 1.807) is 0 Å². The molecule has 74 valence electrons. The monoisotopic (exact) mass is 191 g/mol. The molecule has 0 aliphatic rings. The lowest BCUT2D eigenvalue weighted by Gasteiger charge is -2.10. The van der Waals surface area contributed by atoms with E-state index in [-0.39, 0.29) is 0 Å². The van der Waals surface area contributed by atoms with Gasteiger partial charge in [0, 0.05) is 18.3 Å². The summed E-state index contributed by atoms with van der Waals surface area (Å²) in [6.07, 6.45) is 1.37. The van der Waals surface area contributed by atoms with Crippen LogP contribution in [0.5, 0.6) is 0 Å². The second kappa shape index (κ2) is 3.43. The van der Waals surface area contributed by atoms with Crippen LogP contribution in [0, 0.1) is 5.92 Å². The lowest BCUT2D eigenvalue weighted by atomic mass is 9.87. The maximum Gasteiger partial charge on any atom is 0.529 e. The molecule has 0 aliphatic heterocycles. The first kappa shape index (κ1) is 10.1. The molecule has 0 N–H and O–H groups in total. The highest BCUT2D eigenvalue weighted by Gasteiger charge is 2.28. The third kappa shape index (κ3) is 2.79. The molecule has 1 heterocycles. The van der Waals surface area contributed by atoms with E-state index < -0.39 is 12.6 Å². The molecule has 13 heavy (non-hydrogen) atoms. The quantitative estimate of drug-likeness (QED) is 0.663. The molecule has 0 unspecified atom stereocenters. The zero-order chi connectivity index (χ0) is 10.1. The van der Waals surface area contributed by atoms with E-state index in [1.165, 1.54) is 10.9 Å². The summed E-state index contributed by atoms with van der Waals surface area (Å²) in [5.41, 5.74) is -0.763. The summed E-state index contributed by atoms with van der Waals surface area (Å²) in [6.45, 7) is -0.564. The van der Waals surface area contributed by atoms with Crippen LogP contribution in [-0.4, -0.2) is 16.8 Å². The molecule has 0 spiro atoms. The van der Waals surface area contributed by atoms with Crippen LogP contribution in [0.4, 0.5) is 12.9 Å². The first-order chi connectivity index (χ1) is 5.89. The van der Waals surface area contributed by atoms with Gasteiger partial charge in [-0.3, -0.25) is 4.68 Å². The minimum atomic E-state index is -4.95. The number of aromatic nitrogens is 2. The molecule has 1 aromatic heterocycles. The standard InChI is InChI=1S/C7H11BF3N2/c1-6(2)5-13-4-3-7(12-13)8(9,10)11/h3-4,6H,5H2,1-2H3/q-1. The molecule has 0 saturated carbocycles. The highest BCUT2D eigenvalue weighted by atomic mass is 19.4. The molecule has 1 rings (SSSR count). The second-order valence-corrected chi connectivity index (χ2v) is 3.43. The third-order valence-corrected chi connectivity index (χ3v) is 1.55. The van der Waals surface area contributed by atoms with Crippen molar-refractivity contribution in [2.75, 3.05) is 0 Å².